The minimum Gasteiger partial charge on any atom is -0.465 e. The summed E-state index contributed by atoms with van der Waals surface area (Å²) >= 11 is 6.21. The average Bonchev–Trinajstić information content (AvgIpc) is 3.47. The minimum absolute atomic E-state index is 0.00701. The molecule has 2 aromatic rings. The molecular formula is C34H37ClN4O7. The lowest BCUT2D eigenvalue weighted by Gasteiger charge is -2.27. The van der Waals surface area contributed by atoms with Gasteiger partial charge in [-0.2, -0.15) is 0 Å². The largest absolute Gasteiger partial charge is 0.465 e. The molecule has 5 atom stereocenters. The van der Waals surface area contributed by atoms with Gasteiger partial charge in [0.2, 0.25) is 17.6 Å². The Morgan fingerprint density at radius 1 is 1.11 bits per heavy atom. The summed E-state index contributed by atoms with van der Waals surface area (Å²) in [5, 5.41) is 10.3. The quantitative estimate of drug-likeness (QED) is 0.281. The fourth-order valence-electron chi connectivity index (χ4n) is 6.57. The van der Waals surface area contributed by atoms with Gasteiger partial charge in [0, 0.05) is 41.8 Å². The van der Waals surface area contributed by atoms with Crippen molar-refractivity contribution in [3.63, 3.8) is 0 Å². The van der Waals surface area contributed by atoms with Crippen molar-refractivity contribution in [1.82, 2.24) is 15.5 Å². The van der Waals surface area contributed by atoms with E-state index in [1.165, 1.54) is 4.90 Å². The SMILES string of the molecule is CCC[C@H](NC(=O)[C@@H]1C[C@]2(CC(c3cccc(Cl)c3)=NO2)CN1C(=O)CC1C(=O)OCC1c1ccccc1)C(=O)C(=O)NC1CC1. The summed E-state index contributed by atoms with van der Waals surface area (Å²) in [5.41, 5.74) is 1.29. The summed E-state index contributed by atoms with van der Waals surface area (Å²) in [6.45, 7) is 2.07. The molecule has 242 valence electrons. The van der Waals surface area contributed by atoms with Crippen LogP contribution in [0.3, 0.4) is 0 Å². The lowest BCUT2D eigenvalue weighted by molar-refractivity contribution is -0.146. The Morgan fingerprint density at radius 2 is 1.89 bits per heavy atom. The summed E-state index contributed by atoms with van der Waals surface area (Å²) in [5.74, 6) is -3.90. The first kappa shape index (κ1) is 31.7. The van der Waals surface area contributed by atoms with Crippen molar-refractivity contribution in [3.05, 3.63) is 70.7 Å². The number of nitrogens with zero attached hydrogens (tertiary/aromatic N) is 2. The van der Waals surface area contributed by atoms with E-state index in [0.29, 0.717) is 23.6 Å². The van der Waals surface area contributed by atoms with E-state index in [9.17, 15) is 24.0 Å². The van der Waals surface area contributed by atoms with Crippen molar-refractivity contribution in [2.45, 2.75) is 81.5 Å². The third-order valence-electron chi connectivity index (χ3n) is 9.18. The van der Waals surface area contributed by atoms with Crippen LogP contribution < -0.4 is 10.6 Å². The van der Waals surface area contributed by atoms with Crippen LogP contribution in [-0.4, -0.2) is 77.0 Å². The molecule has 1 spiro atoms. The van der Waals surface area contributed by atoms with Gasteiger partial charge in [-0.25, -0.2) is 0 Å². The molecule has 3 amide bonds. The first-order chi connectivity index (χ1) is 22.2. The van der Waals surface area contributed by atoms with Crippen LogP contribution in [0.15, 0.2) is 59.8 Å². The highest BCUT2D eigenvalue weighted by Crippen LogP contribution is 2.41. The molecule has 0 aromatic heterocycles. The van der Waals surface area contributed by atoms with Crippen LogP contribution in [0.4, 0.5) is 0 Å². The molecular weight excluding hydrogens is 612 g/mol. The molecule has 6 rings (SSSR count). The Morgan fingerprint density at radius 3 is 2.61 bits per heavy atom. The van der Waals surface area contributed by atoms with Crippen molar-refractivity contribution in [2.75, 3.05) is 13.2 Å². The zero-order valence-corrected chi connectivity index (χ0v) is 26.3. The summed E-state index contributed by atoms with van der Waals surface area (Å²) < 4.78 is 5.38. The monoisotopic (exact) mass is 648 g/mol. The average molecular weight is 649 g/mol. The molecule has 0 radical (unpaired) electrons. The highest BCUT2D eigenvalue weighted by Gasteiger charge is 2.55. The third kappa shape index (κ3) is 6.79. The van der Waals surface area contributed by atoms with Gasteiger partial charge in [-0.15, -0.1) is 0 Å². The summed E-state index contributed by atoms with van der Waals surface area (Å²) in [4.78, 5) is 73.9. The standard InChI is InChI=1S/C34H37ClN4O7/c1-2-7-26(30(41)32(43)36-23-12-13-23)37-31(42)28-17-34(16-27(38-46-34)21-10-6-11-22(35)14-21)19-39(28)29(40)15-24-25(18-45-33(24)44)20-8-4-3-5-9-20/h3-6,8-11,14,23-26,28H,2,7,12-13,15-19H2,1H3,(H,36,43)(H,37,42)/t24?,25?,26-,28-,34+/m0/s1. The van der Waals surface area contributed by atoms with Gasteiger partial charge >= 0.3 is 5.97 Å². The van der Waals surface area contributed by atoms with Crippen LogP contribution in [0.2, 0.25) is 5.02 Å². The van der Waals surface area contributed by atoms with Crippen LogP contribution in [0.5, 0.6) is 0 Å². The van der Waals surface area contributed by atoms with Gasteiger partial charge in [-0.1, -0.05) is 72.6 Å². The number of rotatable bonds is 11. The van der Waals surface area contributed by atoms with Gasteiger partial charge in [0.15, 0.2) is 5.60 Å². The number of carbonyl (C=O) groups is 5. The molecule has 11 nitrogen and oxygen atoms in total. The molecule has 2 aromatic carbocycles. The van der Waals surface area contributed by atoms with E-state index < -0.39 is 53.1 Å². The van der Waals surface area contributed by atoms with Crippen LogP contribution >= 0.6 is 11.6 Å². The number of nitrogens with one attached hydrogen (secondary N) is 2. The van der Waals surface area contributed by atoms with Crippen molar-refractivity contribution in [2.24, 2.45) is 11.1 Å². The molecule has 2 unspecified atom stereocenters. The Kier molecular flexibility index (Phi) is 9.13. The van der Waals surface area contributed by atoms with Gasteiger partial charge in [0.1, 0.15) is 6.04 Å². The van der Waals surface area contributed by atoms with E-state index in [1.807, 2.05) is 43.3 Å². The molecule has 3 heterocycles. The first-order valence-corrected chi connectivity index (χ1v) is 16.2. The maximum Gasteiger partial charge on any atom is 0.310 e. The summed E-state index contributed by atoms with van der Waals surface area (Å²) in [6.07, 6.45) is 2.72. The Hall–Kier alpha value is -4.25. The second-order valence-corrected chi connectivity index (χ2v) is 13.1. The number of ketones is 1. The molecule has 3 fully saturated rings. The molecule has 4 aliphatic rings. The number of cyclic esters (lactones) is 1. The van der Waals surface area contributed by atoms with E-state index in [4.69, 9.17) is 21.2 Å². The van der Waals surface area contributed by atoms with Crippen LogP contribution in [0.1, 0.15) is 68.9 Å². The fraction of sp³-hybridized carbons (Fsp3) is 0.471. The fourth-order valence-corrected chi connectivity index (χ4v) is 6.76. The highest BCUT2D eigenvalue weighted by atomic mass is 35.5. The number of halogens is 1. The lowest BCUT2D eigenvalue weighted by atomic mass is 9.86. The number of hydrogen-bond donors (Lipinski definition) is 2. The molecule has 3 aliphatic heterocycles. The molecule has 2 N–H and O–H groups in total. The highest BCUT2D eigenvalue weighted by molar-refractivity contribution is 6.38. The third-order valence-corrected chi connectivity index (χ3v) is 9.42. The maximum atomic E-state index is 14.1. The second kappa shape index (κ2) is 13.2. The number of hydrogen-bond acceptors (Lipinski definition) is 8. The van der Waals surface area contributed by atoms with Gasteiger partial charge in [0.25, 0.3) is 5.91 Å². The number of benzene rings is 2. The Labute approximate surface area is 272 Å². The summed E-state index contributed by atoms with van der Waals surface area (Å²) in [6, 6.07) is 14.5. The first-order valence-electron chi connectivity index (χ1n) is 15.8. The van der Waals surface area contributed by atoms with Crippen molar-refractivity contribution in [3.8, 4) is 0 Å². The van der Waals surface area contributed by atoms with Crippen molar-refractivity contribution >= 4 is 46.8 Å². The Bertz CT molecular complexity index is 1560. The van der Waals surface area contributed by atoms with Crippen LogP contribution in [0.25, 0.3) is 0 Å². The van der Waals surface area contributed by atoms with E-state index in [2.05, 4.69) is 15.8 Å². The zero-order valence-electron chi connectivity index (χ0n) is 25.6. The summed E-state index contributed by atoms with van der Waals surface area (Å²) in [7, 11) is 0. The molecule has 1 saturated carbocycles. The number of Topliss-reactive ketones (excluding diaryl/α,β-unsaturated/α-hetero) is 1. The molecule has 12 heteroatoms. The van der Waals surface area contributed by atoms with Crippen molar-refractivity contribution < 1.29 is 33.5 Å². The number of amides is 3. The Balaban J connectivity index is 1.23. The van der Waals surface area contributed by atoms with Gasteiger partial charge in [-0.05, 0) is 37.0 Å². The van der Waals surface area contributed by atoms with Gasteiger partial charge < -0.3 is 25.1 Å². The predicted molar refractivity (Wildman–Crippen MR) is 168 cm³/mol. The zero-order chi connectivity index (χ0) is 32.4. The molecule has 0 bridgehead atoms. The van der Waals surface area contributed by atoms with Crippen LogP contribution in [-0.2, 0) is 33.5 Å². The smallest absolute Gasteiger partial charge is 0.310 e. The lowest BCUT2D eigenvalue weighted by Crippen LogP contribution is -2.53. The number of carbonyl (C=O) groups excluding carboxylic acids is 5. The van der Waals surface area contributed by atoms with Gasteiger partial charge in [0.05, 0.1) is 30.8 Å². The predicted octanol–water partition coefficient (Wildman–Crippen LogP) is 3.28. The van der Waals surface area contributed by atoms with E-state index in [-0.39, 0.29) is 44.4 Å². The molecule has 46 heavy (non-hydrogen) atoms. The molecule has 2 saturated heterocycles. The van der Waals surface area contributed by atoms with E-state index in [1.54, 1.807) is 18.2 Å². The van der Waals surface area contributed by atoms with Gasteiger partial charge in [-0.3, -0.25) is 24.0 Å². The minimum atomic E-state index is -1.04. The maximum absolute atomic E-state index is 14.1. The van der Waals surface area contributed by atoms with E-state index in [0.717, 1.165) is 24.0 Å². The normalized spacial score (nSPS) is 25.9. The number of esters is 1. The number of ether oxygens (including phenoxy) is 1. The molecule has 1 aliphatic carbocycles. The number of oxime groups is 1. The number of likely N-dealkylation sites (tertiary alicyclic amines) is 1. The van der Waals surface area contributed by atoms with Crippen LogP contribution in [0, 0.1) is 5.92 Å². The second-order valence-electron chi connectivity index (χ2n) is 12.7. The topological polar surface area (TPSA) is 143 Å². The van der Waals surface area contributed by atoms with E-state index >= 15 is 0 Å². The van der Waals surface area contributed by atoms with Crippen molar-refractivity contribution in [1.29, 1.82) is 0 Å².